The number of methoxy groups -OCH3 is 1. The molecule has 0 saturated heterocycles. The first kappa shape index (κ1) is 15.7. The Morgan fingerprint density at radius 3 is 2.47 bits per heavy atom. The second kappa shape index (κ2) is 6.20. The number of ketones is 1. The fourth-order valence-corrected chi connectivity index (χ4v) is 1.90. The minimum atomic E-state index is 0.0147. The fourth-order valence-electron chi connectivity index (χ4n) is 1.90. The summed E-state index contributed by atoms with van der Waals surface area (Å²) in [5.41, 5.74) is 7.40. The number of benzene rings is 1. The van der Waals surface area contributed by atoms with Crippen LogP contribution in [0.5, 0.6) is 5.75 Å². The van der Waals surface area contributed by atoms with E-state index in [2.05, 4.69) is 20.8 Å². The van der Waals surface area contributed by atoms with E-state index in [-0.39, 0.29) is 17.1 Å². The maximum Gasteiger partial charge on any atom is 0.166 e. The van der Waals surface area contributed by atoms with Crippen LogP contribution in [-0.4, -0.2) is 19.4 Å². The second-order valence-corrected chi connectivity index (χ2v) is 6.13. The van der Waals surface area contributed by atoms with Gasteiger partial charge >= 0.3 is 0 Å². The lowest BCUT2D eigenvalue weighted by Crippen LogP contribution is -2.17. The van der Waals surface area contributed by atoms with E-state index in [4.69, 9.17) is 10.5 Å². The monoisotopic (exact) mass is 263 g/mol. The molecule has 0 radical (unpaired) electrons. The fraction of sp³-hybridized carbons (Fsp3) is 0.562. The molecular formula is C16H25NO2. The van der Waals surface area contributed by atoms with Crippen molar-refractivity contribution in [1.82, 2.24) is 0 Å². The van der Waals surface area contributed by atoms with Crippen LogP contribution in [0.2, 0.25) is 0 Å². The molecule has 0 spiro atoms. The lowest BCUT2D eigenvalue weighted by Gasteiger charge is -2.21. The highest BCUT2D eigenvalue weighted by molar-refractivity contribution is 5.99. The van der Waals surface area contributed by atoms with Crippen LogP contribution in [0.3, 0.4) is 0 Å². The lowest BCUT2D eigenvalue weighted by atomic mass is 9.85. The van der Waals surface area contributed by atoms with E-state index in [9.17, 15) is 4.79 Å². The molecule has 1 unspecified atom stereocenters. The third-order valence-electron chi connectivity index (χ3n) is 3.30. The summed E-state index contributed by atoms with van der Waals surface area (Å²) >= 11 is 0. The summed E-state index contributed by atoms with van der Waals surface area (Å²) in [4.78, 5) is 12.3. The van der Waals surface area contributed by atoms with Crippen LogP contribution in [-0.2, 0) is 5.41 Å². The van der Waals surface area contributed by atoms with Gasteiger partial charge in [0.15, 0.2) is 5.78 Å². The molecule has 1 atom stereocenters. The van der Waals surface area contributed by atoms with Gasteiger partial charge < -0.3 is 10.5 Å². The smallest absolute Gasteiger partial charge is 0.166 e. The molecule has 0 saturated carbocycles. The first-order valence-corrected chi connectivity index (χ1v) is 6.71. The standard InChI is InChI=1S/C16H25NO2/c1-11(10-17)8-14(18)13-9-12(16(2,3)4)6-7-15(13)19-5/h6-7,9,11H,8,10,17H2,1-5H3. The molecule has 2 N–H and O–H groups in total. The molecule has 1 aromatic carbocycles. The maximum atomic E-state index is 12.3. The topological polar surface area (TPSA) is 52.3 Å². The first-order chi connectivity index (χ1) is 8.79. The Morgan fingerprint density at radius 1 is 1.37 bits per heavy atom. The molecule has 19 heavy (non-hydrogen) atoms. The number of hydrogen-bond donors (Lipinski definition) is 1. The molecule has 0 bridgehead atoms. The summed E-state index contributed by atoms with van der Waals surface area (Å²) in [6, 6.07) is 5.84. The highest BCUT2D eigenvalue weighted by Crippen LogP contribution is 2.29. The largest absolute Gasteiger partial charge is 0.496 e. The summed E-state index contributed by atoms with van der Waals surface area (Å²) in [5, 5.41) is 0. The van der Waals surface area contributed by atoms with Gasteiger partial charge in [0.2, 0.25) is 0 Å². The van der Waals surface area contributed by atoms with E-state index >= 15 is 0 Å². The van der Waals surface area contributed by atoms with Crippen molar-refractivity contribution in [2.75, 3.05) is 13.7 Å². The van der Waals surface area contributed by atoms with Gasteiger partial charge in [0.05, 0.1) is 12.7 Å². The third kappa shape index (κ3) is 4.06. The Kier molecular flexibility index (Phi) is 5.12. The molecule has 1 rings (SSSR count). The Hall–Kier alpha value is -1.35. The quantitative estimate of drug-likeness (QED) is 0.830. The molecule has 3 heteroatoms. The molecule has 0 fully saturated rings. The zero-order valence-corrected chi connectivity index (χ0v) is 12.6. The van der Waals surface area contributed by atoms with Gasteiger partial charge in [-0.25, -0.2) is 0 Å². The maximum absolute atomic E-state index is 12.3. The number of carbonyl (C=O) groups excluding carboxylic acids is 1. The van der Waals surface area contributed by atoms with Crippen LogP contribution in [0.15, 0.2) is 18.2 Å². The zero-order chi connectivity index (χ0) is 14.6. The first-order valence-electron chi connectivity index (χ1n) is 6.71. The van der Waals surface area contributed by atoms with Crippen molar-refractivity contribution in [1.29, 1.82) is 0 Å². The second-order valence-electron chi connectivity index (χ2n) is 6.13. The molecule has 0 aliphatic rings. The number of nitrogens with two attached hydrogens (primary N) is 1. The zero-order valence-electron chi connectivity index (χ0n) is 12.6. The van der Waals surface area contributed by atoms with E-state index in [1.165, 1.54) is 0 Å². The van der Waals surface area contributed by atoms with E-state index in [1.807, 2.05) is 25.1 Å². The Bertz CT molecular complexity index is 447. The van der Waals surface area contributed by atoms with Crippen molar-refractivity contribution in [2.24, 2.45) is 11.7 Å². The van der Waals surface area contributed by atoms with E-state index in [0.29, 0.717) is 24.3 Å². The van der Waals surface area contributed by atoms with Crippen LogP contribution in [0.1, 0.15) is 50.0 Å². The molecule has 0 aliphatic carbocycles. The van der Waals surface area contributed by atoms with Gasteiger partial charge in [0.1, 0.15) is 5.75 Å². The van der Waals surface area contributed by atoms with Gasteiger partial charge in [-0.05, 0) is 35.6 Å². The van der Waals surface area contributed by atoms with Gasteiger partial charge in [-0.3, -0.25) is 4.79 Å². The number of carbonyl (C=O) groups is 1. The van der Waals surface area contributed by atoms with Gasteiger partial charge in [-0.2, -0.15) is 0 Å². The normalized spacial score (nSPS) is 13.2. The average Bonchev–Trinajstić information content (AvgIpc) is 2.36. The predicted molar refractivity (Wildman–Crippen MR) is 78.9 cm³/mol. The molecular weight excluding hydrogens is 238 g/mol. The van der Waals surface area contributed by atoms with E-state index in [1.54, 1.807) is 7.11 Å². The highest BCUT2D eigenvalue weighted by Gasteiger charge is 2.20. The van der Waals surface area contributed by atoms with Crippen molar-refractivity contribution >= 4 is 5.78 Å². The summed E-state index contributed by atoms with van der Waals surface area (Å²) in [5.74, 6) is 0.929. The Balaban J connectivity index is 3.12. The van der Waals surface area contributed by atoms with Crippen LogP contribution in [0.4, 0.5) is 0 Å². The Morgan fingerprint density at radius 2 is 2.00 bits per heavy atom. The minimum absolute atomic E-state index is 0.0147. The van der Waals surface area contributed by atoms with Crippen molar-refractivity contribution in [3.63, 3.8) is 0 Å². The molecule has 106 valence electrons. The summed E-state index contributed by atoms with van der Waals surface area (Å²) in [6.07, 6.45) is 0.459. The van der Waals surface area contributed by atoms with Crippen molar-refractivity contribution in [3.05, 3.63) is 29.3 Å². The molecule has 0 aliphatic heterocycles. The van der Waals surface area contributed by atoms with Crippen LogP contribution in [0.25, 0.3) is 0 Å². The molecule has 3 nitrogen and oxygen atoms in total. The Labute approximate surface area is 116 Å². The van der Waals surface area contributed by atoms with Crippen molar-refractivity contribution < 1.29 is 9.53 Å². The SMILES string of the molecule is COc1ccc(C(C)(C)C)cc1C(=O)CC(C)CN. The third-order valence-corrected chi connectivity index (χ3v) is 3.30. The van der Waals surface area contributed by atoms with E-state index in [0.717, 1.165) is 5.56 Å². The summed E-state index contributed by atoms with van der Waals surface area (Å²) in [6.45, 7) is 8.90. The van der Waals surface area contributed by atoms with Crippen LogP contribution < -0.4 is 10.5 Å². The van der Waals surface area contributed by atoms with Crippen molar-refractivity contribution in [3.8, 4) is 5.75 Å². The number of hydrogen-bond acceptors (Lipinski definition) is 3. The van der Waals surface area contributed by atoms with Gasteiger partial charge in [0.25, 0.3) is 0 Å². The number of rotatable bonds is 5. The highest BCUT2D eigenvalue weighted by atomic mass is 16.5. The van der Waals surface area contributed by atoms with Gasteiger partial charge in [-0.1, -0.05) is 33.8 Å². The van der Waals surface area contributed by atoms with Crippen molar-refractivity contribution in [2.45, 2.75) is 39.5 Å². The van der Waals surface area contributed by atoms with Crippen LogP contribution in [0, 0.1) is 5.92 Å². The molecule has 0 heterocycles. The van der Waals surface area contributed by atoms with Gasteiger partial charge in [-0.15, -0.1) is 0 Å². The van der Waals surface area contributed by atoms with Crippen LogP contribution >= 0.6 is 0 Å². The molecule has 0 aromatic heterocycles. The lowest BCUT2D eigenvalue weighted by molar-refractivity contribution is 0.0962. The van der Waals surface area contributed by atoms with E-state index < -0.39 is 0 Å². The predicted octanol–water partition coefficient (Wildman–Crippen LogP) is 3.16. The van der Waals surface area contributed by atoms with Gasteiger partial charge in [0, 0.05) is 6.42 Å². The summed E-state index contributed by atoms with van der Waals surface area (Å²) in [7, 11) is 1.59. The average molecular weight is 263 g/mol. The number of ether oxygens (including phenoxy) is 1. The summed E-state index contributed by atoms with van der Waals surface area (Å²) < 4.78 is 5.30. The molecule has 0 amide bonds. The number of Topliss-reactive ketones (excluding diaryl/α,β-unsaturated/α-hetero) is 1. The minimum Gasteiger partial charge on any atom is -0.496 e. The molecule has 1 aromatic rings.